The van der Waals surface area contributed by atoms with E-state index in [4.69, 9.17) is 13.9 Å². The smallest absolute Gasteiger partial charge is 0.247 e. The fourth-order valence-electron chi connectivity index (χ4n) is 3.16. The van der Waals surface area contributed by atoms with Crippen LogP contribution < -0.4 is 0 Å². The van der Waals surface area contributed by atoms with Crippen LogP contribution in [-0.2, 0) is 16.0 Å². The Labute approximate surface area is 133 Å². The van der Waals surface area contributed by atoms with Crippen molar-refractivity contribution >= 4 is 0 Å². The van der Waals surface area contributed by atoms with Gasteiger partial charge in [0.1, 0.15) is 5.82 Å². The number of aromatic nitrogens is 2. The summed E-state index contributed by atoms with van der Waals surface area (Å²) in [6.45, 7) is 3.53. The van der Waals surface area contributed by atoms with Crippen LogP contribution in [0.2, 0.25) is 0 Å². The molecule has 0 aliphatic carbocycles. The fraction of sp³-hybridized carbons (Fsp3) is 0.500. The molecule has 23 heavy (non-hydrogen) atoms. The minimum Gasteiger partial charge on any atom is -0.419 e. The molecule has 0 N–H and O–H groups in total. The molecular formula is C16H18FN3O3. The Balaban J connectivity index is 1.44. The van der Waals surface area contributed by atoms with Crippen LogP contribution >= 0.6 is 0 Å². The van der Waals surface area contributed by atoms with E-state index in [9.17, 15) is 4.39 Å². The molecule has 1 aromatic carbocycles. The highest BCUT2D eigenvalue weighted by atomic mass is 19.1. The zero-order valence-electron chi connectivity index (χ0n) is 12.7. The van der Waals surface area contributed by atoms with Crippen molar-refractivity contribution in [2.45, 2.75) is 25.2 Å². The summed E-state index contributed by atoms with van der Waals surface area (Å²) in [6, 6.07) is 6.01. The Kier molecular flexibility index (Phi) is 3.84. The minimum atomic E-state index is -0.460. The number of hydrogen-bond donors (Lipinski definition) is 0. The maximum absolute atomic E-state index is 13.0. The third kappa shape index (κ3) is 3.12. The Morgan fingerprint density at radius 2 is 1.91 bits per heavy atom. The van der Waals surface area contributed by atoms with Crippen molar-refractivity contribution in [3.8, 4) is 11.5 Å². The molecule has 122 valence electrons. The first-order valence-corrected chi connectivity index (χ1v) is 7.81. The van der Waals surface area contributed by atoms with E-state index in [1.165, 1.54) is 12.1 Å². The van der Waals surface area contributed by atoms with Crippen molar-refractivity contribution in [3.05, 3.63) is 36.0 Å². The highest BCUT2D eigenvalue weighted by Crippen LogP contribution is 2.30. The van der Waals surface area contributed by atoms with Gasteiger partial charge in [-0.05, 0) is 37.2 Å². The molecule has 7 heteroatoms. The van der Waals surface area contributed by atoms with Crippen LogP contribution in [-0.4, -0.2) is 47.2 Å². The first-order chi connectivity index (χ1) is 11.2. The zero-order chi connectivity index (χ0) is 15.7. The summed E-state index contributed by atoms with van der Waals surface area (Å²) in [5.41, 5.74) is 0.711. The van der Waals surface area contributed by atoms with Crippen LogP contribution in [0.5, 0.6) is 0 Å². The summed E-state index contributed by atoms with van der Waals surface area (Å²) in [6.07, 6.45) is 1.94. The molecule has 1 aromatic heterocycles. The molecule has 3 heterocycles. The number of benzene rings is 1. The number of hydrogen-bond acceptors (Lipinski definition) is 6. The van der Waals surface area contributed by atoms with Crippen LogP contribution in [0.1, 0.15) is 18.7 Å². The van der Waals surface area contributed by atoms with Crippen molar-refractivity contribution in [1.29, 1.82) is 0 Å². The Bertz CT molecular complexity index is 667. The molecule has 0 unspecified atom stereocenters. The standard InChI is InChI=1S/C16H18FN3O3/c17-13-4-2-12(3-5-13)15-19-18-14(23-15)10-20-7-1-6-16(11-20)21-8-9-22-16/h2-5H,1,6-11H2. The van der Waals surface area contributed by atoms with Crippen LogP contribution in [0, 0.1) is 5.82 Å². The van der Waals surface area contributed by atoms with Crippen LogP contribution in [0.4, 0.5) is 4.39 Å². The van der Waals surface area contributed by atoms with Gasteiger partial charge >= 0.3 is 0 Å². The third-order valence-electron chi connectivity index (χ3n) is 4.23. The van der Waals surface area contributed by atoms with Gasteiger partial charge in [-0.15, -0.1) is 10.2 Å². The molecule has 4 rings (SSSR count). The molecule has 2 aromatic rings. The lowest BCUT2D eigenvalue weighted by Crippen LogP contribution is -2.48. The van der Waals surface area contributed by atoms with Crippen molar-refractivity contribution in [2.75, 3.05) is 26.3 Å². The van der Waals surface area contributed by atoms with Gasteiger partial charge in [0.15, 0.2) is 5.79 Å². The molecule has 1 spiro atoms. The predicted molar refractivity (Wildman–Crippen MR) is 78.8 cm³/mol. The Morgan fingerprint density at radius 3 is 2.70 bits per heavy atom. The summed E-state index contributed by atoms with van der Waals surface area (Å²) in [4.78, 5) is 2.21. The van der Waals surface area contributed by atoms with Crippen LogP contribution in [0.25, 0.3) is 11.5 Å². The molecule has 6 nitrogen and oxygen atoms in total. The Morgan fingerprint density at radius 1 is 1.13 bits per heavy atom. The summed E-state index contributed by atoms with van der Waals surface area (Å²) >= 11 is 0. The fourth-order valence-corrected chi connectivity index (χ4v) is 3.16. The normalized spacial score (nSPS) is 21.1. The number of halogens is 1. The lowest BCUT2D eigenvalue weighted by Gasteiger charge is -2.37. The average Bonchev–Trinajstić information content (AvgIpc) is 3.19. The molecular weight excluding hydrogens is 301 g/mol. The number of likely N-dealkylation sites (tertiary alicyclic amines) is 1. The van der Waals surface area contributed by atoms with Gasteiger partial charge in [0.25, 0.3) is 0 Å². The van der Waals surface area contributed by atoms with Crippen molar-refractivity contribution in [3.63, 3.8) is 0 Å². The number of piperidine rings is 1. The molecule has 0 saturated carbocycles. The van der Waals surface area contributed by atoms with E-state index < -0.39 is 5.79 Å². The molecule has 0 radical (unpaired) electrons. The zero-order valence-corrected chi connectivity index (χ0v) is 12.7. The topological polar surface area (TPSA) is 60.6 Å². The second-order valence-electron chi connectivity index (χ2n) is 5.93. The average molecular weight is 319 g/mol. The van der Waals surface area contributed by atoms with E-state index in [0.29, 0.717) is 43.6 Å². The van der Waals surface area contributed by atoms with E-state index in [2.05, 4.69) is 15.1 Å². The molecule has 2 aliphatic heterocycles. The van der Waals surface area contributed by atoms with Crippen LogP contribution in [0.3, 0.4) is 0 Å². The van der Waals surface area contributed by atoms with E-state index in [0.717, 1.165) is 19.4 Å². The van der Waals surface area contributed by atoms with Gasteiger partial charge < -0.3 is 13.9 Å². The van der Waals surface area contributed by atoms with Crippen molar-refractivity contribution < 1.29 is 18.3 Å². The quantitative estimate of drug-likeness (QED) is 0.864. The Hall–Kier alpha value is -1.83. The second kappa shape index (κ2) is 5.99. The van der Waals surface area contributed by atoms with E-state index in [1.807, 2.05) is 0 Å². The van der Waals surface area contributed by atoms with Crippen molar-refractivity contribution in [1.82, 2.24) is 15.1 Å². The number of rotatable bonds is 3. The van der Waals surface area contributed by atoms with E-state index >= 15 is 0 Å². The lowest BCUT2D eigenvalue weighted by molar-refractivity contribution is -0.190. The maximum Gasteiger partial charge on any atom is 0.247 e. The van der Waals surface area contributed by atoms with Gasteiger partial charge in [-0.25, -0.2) is 4.39 Å². The van der Waals surface area contributed by atoms with Gasteiger partial charge in [-0.1, -0.05) is 0 Å². The van der Waals surface area contributed by atoms with Gasteiger partial charge in [-0.2, -0.15) is 0 Å². The first-order valence-electron chi connectivity index (χ1n) is 7.81. The van der Waals surface area contributed by atoms with Gasteiger partial charge in [-0.3, -0.25) is 4.90 Å². The van der Waals surface area contributed by atoms with Gasteiger partial charge in [0.2, 0.25) is 11.8 Å². The maximum atomic E-state index is 13.0. The molecule has 0 bridgehead atoms. The van der Waals surface area contributed by atoms with Gasteiger partial charge in [0.05, 0.1) is 26.3 Å². The summed E-state index contributed by atoms with van der Waals surface area (Å²) in [5, 5.41) is 8.13. The summed E-state index contributed by atoms with van der Waals surface area (Å²) < 4.78 is 30.2. The summed E-state index contributed by atoms with van der Waals surface area (Å²) in [5.74, 6) is 0.195. The van der Waals surface area contributed by atoms with Crippen LogP contribution in [0.15, 0.2) is 28.7 Å². The van der Waals surface area contributed by atoms with Gasteiger partial charge in [0, 0.05) is 12.0 Å². The second-order valence-corrected chi connectivity index (χ2v) is 5.93. The number of nitrogens with zero attached hydrogens (tertiary/aromatic N) is 3. The molecule has 0 amide bonds. The highest BCUT2D eigenvalue weighted by Gasteiger charge is 2.40. The lowest BCUT2D eigenvalue weighted by atomic mass is 10.0. The minimum absolute atomic E-state index is 0.288. The first kappa shape index (κ1) is 14.7. The largest absolute Gasteiger partial charge is 0.419 e. The van der Waals surface area contributed by atoms with Crippen molar-refractivity contribution in [2.24, 2.45) is 0 Å². The molecule has 0 atom stereocenters. The monoisotopic (exact) mass is 319 g/mol. The molecule has 2 saturated heterocycles. The number of ether oxygens (including phenoxy) is 2. The summed E-state index contributed by atoms with van der Waals surface area (Å²) in [7, 11) is 0. The van der Waals surface area contributed by atoms with E-state index in [1.54, 1.807) is 12.1 Å². The van der Waals surface area contributed by atoms with E-state index in [-0.39, 0.29) is 5.82 Å². The predicted octanol–water partition coefficient (Wildman–Crippen LogP) is 2.21. The highest BCUT2D eigenvalue weighted by molar-refractivity contribution is 5.51. The SMILES string of the molecule is Fc1ccc(-c2nnc(CN3CCCC4(C3)OCCO4)o2)cc1. The molecule has 2 fully saturated rings. The molecule has 2 aliphatic rings. The third-order valence-corrected chi connectivity index (χ3v) is 4.23.